The maximum Gasteiger partial charge on any atom is 0.243 e. The van der Waals surface area contributed by atoms with Crippen molar-refractivity contribution in [2.24, 2.45) is 0 Å². The van der Waals surface area contributed by atoms with E-state index in [0.29, 0.717) is 19.3 Å². The number of hydrogen-bond acceptors (Lipinski definition) is 3. The van der Waals surface area contributed by atoms with Crippen molar-refractivity contribution in [2.45, 2.75) is 44.7 Å². The lowest BCUT2D eigenvalue weighted by Gasteiger charge is -2.28. The molecule has 2 unspecified atom stereocenters. The molecule has 1 fully saturated rings. The van der Waals surface area contributed by atoms with E-state index in [1.165, 1.54) is 0 Å². The summed E-state index contributed by atoms with van der Waals surface area (Å²) in [4.78, 5) is 22.6. The first-order chi connectivity index (χ1) is 7.00. The van der Waals surface area contributed by atoms with Gasteiger partial charge >= 0.3 is 0 Å². The van der Waals surface area contributed by atoms with Crippen LogP contribution in [0.1, 0.15) is 33.1 Å². The van der Waals surface area contributed by atoms with Crippen LogP contribution in [0.3, 0.4) is 0 Å². The monoisotopic (exact) mass is 214 g/mol. The second-order valence-electron chi connectivity index (χ2n) is 4.22. The maximum absolute atomic E-state index is 11.7. The molecule has 0 spiro atoms. The molecule has 5 nitrogen and oxygen atoms in total. The Morgan fingerprint density at radius 3 is 2.80 bits per heavy atom. The van der Waals surface area contributed by atoms with Crippen molar-refractivity contribution < 1.29 is 14.7 Å². The molecule has 1 aliphatic heterocycles. The fourth-order valence-electron chi connectivity index (χ4n) is 1.44. The lowest BCUT2D eigenvalue weighted by atomic mass is 9.99. The van der Waals surface area contributed by atoms with Crippen LogP contribution in [0.5, 0.6) is 0 Å². The molecular weight excluding hydrogens is 196 g/mol. The van der Waals surface area contributed by atoms with Crippen LogP contribution in [0.15, 0.2) is 0 Å². The van der Waals surface area contributed by atoms with Gasteiger partial charge in [-0.05, 0) is 19.8 Å². The highest BCUT2D eigenvalue weighted by atomic mass is 16.3. The molecule has 1 heterocycles. The van der Waals surface area contributed by atoms with Gasteiger partial charge in [-0.1, -0.05) is 6.92 Å². The van der Waals surface area contributed by atoms with Crippen LogP contribution in [-0.4, -0.2) is 35.1 Å². The van der Waals surface area contributed by atoms with E-state index in [-0.39, 0.29) is 18.4 Å². The number of carbonyl (C=O) groups is 2. The van der Waals surface area contributed by atoms with Crippen LogP contribution in [-0.2, 0) is 9.59 Å². The quantitative estimate of drug-likeness (QED) is 0.592. The Morgan fingerprint density at radius 1 is 1.73 bits per heavy atom. The molecule has 0 radical (unpaired) electrons. The van der Waals surface area contributed by atoms with Gasteiger partial charge in [-0.15, -0.1) is 0 Å². The summed E-state index contributed by atoms with van der Waals surface area (Å²) in [6, 6.07) is -0.435. The fourth-order valence-corrected chi connectivity index (χ4v) is 1.44. The van der Waals surface area contributed by atoms with E-state index in [4.69, 9.17) is 5.11 Å². The van der Waals surface area contributed by atoms with Gasteiger partial charge in [-0.2, -0.15) is 0 Å². The van der Waals surface area contributed by atoms with E-state index in [0.717, 1.165) is 0 Å². The van der Waals surface area contributed by atoms with E-state index in [2.05, 4.69) is 10.6 Å². The molecular formula is C10H18N2O3. The van der Waals surface area contributed by atoms with Crippen LogP contribution in [0.2, 0.25) is 0 Å². The van der Waals surface area contributed by atoms with Crippen LogP contribution < -0.4 is 10.6 Å². The summed E-state index contributed by atoms with van der Waals surface area (Å²) in [5, 5.41) is 14.5. The minimum absolute atomic E-state index is 0.0858. The fraction of sp³-hybridized carbons (Fsp3) is 0.800. The normalized spacial score (nSPS) is 24.5. The molecule has 1 saturated heterocycles. The summed E-state index contributed by atoms with van der Waals surface area (Å²) in [7, 11) is 0. The van der Waals surface area contributed by atoms with Crippen molar-refractivity contribution in [1.29, 1.82) is 0 Å². The molecule has 3 N–H and O–H groups in total. The van der Waals surface area contributed by atoms with Crippen molar-refractivity contribution in [2.75, 3.05) is 6.61 Å². The molecule has 0 aliphatic carbocycles. The van der Waals surface area contributed by atoms with E-state index in [1.807, 2.05) is 6.92 Å². The Balaban J connectivity index is 2.51. The molecule has 0 bridgehead atoms. The van der Waals surface area contributed by atoms with Gasteiger partial charge in [0.2, 0.25) is 11.8 Å². The lowest BCUT2D eigenvalue weighted by molar-refractivity contribution is -0.127. The zero-order valence-corrected chi connectivity index (χ0v) is 9.17. The van der Waals surface area contributed by atoms with Crippen LogP contribution in [0.4, 0.5) is 0 Å². The molecule has 1 rings (SSSR count). The second-order valence-corrected chi connectivity index (χ2v) is 4.22. The zero-order valence-electron chi connectivity index (χ0n) is 9.17. The Labute approximate surface area is 89.2 Å². The number of rotatable bonds is 4. The summed E-state index contributed by atoms with van der Waals surface area (Å²) >= 11 is 0. The Kier molecular flexibility index (Phi) is 3.68. The van der Waals surface area contributed by atoms with E-state index in [1.54, 1.807) is 6.92 Å². The standard InChI is InChI=1S/C10H18N2O3/c1-3-10(2,6-13)12-9(15)7-4-5-8(14)11-7/h7,13H,3-6H2,1-2H3,(H,11,14)(H,12,15). The van der Waals surface area contributed by atoms with Gasteiger partial charge in [0.1, 0.15) is 6.04 Å². The highest BCUT2D eigenvalue weighted by Crippen LogP contribution is 2.11. The molecule has 5 heteroatoms. The highest BCUT2D eigenvalue weighted by molar-refractivity contribution is 5.91. The third-order valence-corrected chi connectivity index (χ3v) is 2.87. The molecule has 0 aromatic carbocycles. The first kappa shape index (κ1) is 12.0. The van der Waals surface area contributed by atoms with Crippen molar-refractivity contribution in [1.82, 2.24) is 10.6 Å². The lowest BCUT2D eigenvalue weighted by Crippen LogP contribution is -2.53. The number of carbonyl (C=O) groups excluding carboxylic acids is 2. The van der Waals surface area contributed by atoms with Gasteiger partial charge in [-0.3, -0.25) is 9.59 Å². The maximum atomic E-state index is 11.7. The molecule has 2 amide bonds. The summed E-state index contributed by atoms with van der Waals surface area (Å²) in [6.07, 6.45) is 1.59. The van der Waals surface area contributed by atoms with Gasteiger partial charge in [-0.25, -0.2) is 0 Å². The van der Waals surface area contributed by atoms with Gasteiger partial charge in [0, 0.05) is 6.42 Å². The smallest absolute Gasteiger partial charge is 0.243 e. The summed E-state index contributed by atoms with van der Waals surface area (Å²) in [5.74, 6) is -0.295. The zero-order chi connectivity index (χ0) is 11.5. The molecule has 1 aliphatic rings. The molecule has 15 heavy (non-hydrogen) atoms. The predicted octanol–water partition coefficient (Wildman–Crippen LogP) is -0.458. The topological polar surface area (TPSA) is 78.4 Å². The third kappa shape index (κ3) is 2.92. The molecule has 0 aromatic rings. The van der Waals surface area contributed by atoms with Crippen molar-refractivity contribution in [3.05, 3.63) is 0 Å². The Hall–Kier alpha value is -1.10. The molecule has 0 aromatic heterocycles. The summed E-state index contributed by atoms with van der Waals surface area (Å²) in [6.45, 7) is 3.57. The van der Waals surface area contributed by atoms with Crippen LogP contribution in [0, 0.1) is 0 Å². The Bertz CT molecular complexity index is 261. The number of aliphatic hydroxyl groups is 1. The first-order valence-electron chi connectivity index (χ1n) is 5.23. The van der Waals surface area contributed by atoms with Gasteiger partial charge < -0.3 is 15.7 Å². The van der Waals surface area contributed by atoms with Crippen molar-refractivity contribution in [3.8, 4) is 0 Å². The van der Waals surface area contributed by atoms with Crippen LogP contribution in [0.25, 0.3) is 0 Å². The molecule has 2 atom stereocenters. The molecule has 0 saturated carbocycles. The average Bonchev–Trinajstić information content (AvgIpc) is 2.65. The van der Waals surface area contributed by atoms with E-state index < -0.39 is 11.6 Å². The minimum Gasteiger partial charge on any atom is -0.394 e. The van der Waals surface area contributed by atoms with Crippen LogP contribution >= 0.6 is 0 Å². The largest absolute Gasteiger partial charge is 0.394 e. The van der Waals surface area contributed by atoms with Crippen molar-refractivity contribution >= 4 is 11.8 Å². The van der Waals surface area contributed by atoms with Gasteiger partial charge in [0.25, 0.3) is 0 Å². The third-order valence-electron chi connectivity index (χ3n) is 2.87. The van der Waals surface area contributed by atoms with E-state index >= 15 is 0 Å². The summed E-state index contributed by atoms with van der Waals surface area (Å²) < 4.78 is 0. The number of nitrogens with one attached hydrogen (secondary N) is 2. The molecule has 86 valence electrons. The second kappa shape index (κ2) is 4.61. The number of amides is 2. The summed E-state index contributed by atoms with van der Waals surface area (Å²) in [5.41, 5.74) is -0.593. The SMILES string of the molecule is CCC(C)(CO)NC(=O)C1CCC(=O)N1. The number of aliphatic hydroxyl groups excluding tert-OH is 1. The highest BCUT2D eigenvalue weighted by Gasteiger charge is 2.31. The minimum atomic E-state index is -0.593. The van der Waals surface area contributed by atoms with E-state index in [9.17, 15) is 9.59 Å². The van der Waals surface area contributed by atoms with Gasteiger partial charge in [0.15, 0.2) is 0 Å². The Morgan fingerprint density at radius 2 is 2.40 bits per heavy atom. The number of hydrogen-bond donors (Lipinski definition) is 3. The first-order valence-corrected chi connectivity index (χ1v) is 5.23. The predicted molar refractivity (Wildman–Crippen MR) is 55.1 cm³/mol. The average molecular weight is 214 g/mol. The van der Waals surface area contributed by atoms with Crippen molar-refractivity contribution in [3.63, 3.8) is 0 Å². The van der Waals surface area contributed by atoms with Gasteiger partial charge in [0.05, 0.1) is 12.1 Å².